The minimum Gasteiger partial charge on any atom is -0.444 e. The summed E-state index contributed by atoms with van der Waals surface area (Å²) < 4.78 is 5.51. The van der Waals surface area contributed by atoms with Crippen LogP contribution in [-0.2, 0) is 4.74 Å². The van der Waals surface area contributed by atoms with Gasteiger partial charge in [0.15, 0.2) is 0 Å². The first-order valence-corrected chi connectivity index (χ1v) is 8.03. The van der Waals surface area contributed by atoms with Crippen molar-refractivity contribution in [2.24, 2.45) is 0 Å². The third-order valence-electron chi connectivity index (χ3n) is 3.55. The maximum atomic E-state index is 12.4. The summed E-state index contributed by atoms with van der Waals surface area (Å²) in [4.78, 5) is 14.1. The molecule has 0 aromatic heterocycles. The van der Waals surface area contributed by atoms with Gasteiger partial charge in [-0.1, -0.05) is 12.1 Å². The van der Waals surface area contributed by atoms with Gasteiger partial charge in [-0.2, -0.15) is 0 Å². The summed E-state index contributed by atoms with van der Waals surface area (Å²) in [5.74, 6) is 0. The number of rotatable bonds is 5. The van der Waals surface area contributed by atoms with Crippen LogP contribution in [0.25, 0.3) is 0 Å². The van der Waals surface area contributed by atoms with E-state index in [0.29, 0.717) is 6.54 Å². The molecule has 0 fully saturated rings. The first-order chi connectivity index (χ1) is 10.2. The topological polar surface area (TPSA) is 41.6 Å². The molecule has 4 nitrogen and oxygen atoms in total. The number of nitrogens with zero attached hydrogens (tertiary/aromatic N) is 1. The van der Waals surface area contributed by atoms with Gasteiger partial charge in [0.05, 0.1) is 6.04 Å². The monoisotopic (exact) mass is 306 g/mol. The summed E-state index contributed by atoms with van der Waals surface area (Å²) in [6, 6.07) is 6.26. The van der Waals surface area contributed by atoms with Gasteiger partial charge in [-0.25, -0.2) is 4.79 Å². The molecule has 1 rings (SSSR count). The van der Waals surface area contributed by atoms with Gasteiger partial charge in [0.25, 0.3) is 0 Å². The van der Waals surface area contributed by atoms with Crippen molar-refractivity contribution in [3.63, 3.8) is 0 Å². The molecule has 0 unspecified atom stereocenters. The molecule has 124 valence electrons. The highest BCUT2D eigenvalue weighted by Gasteiger charge is 2.25. The van der Waals surface area contributed by atoms with Gasteiger partial charge in [-0.05, 0) is 65.7 Å². The highest BCUT2D eigenvalue weighted by Crippen LogP contribution is 2.26. The zero-order chi connectivity index (χ0) is 16.9. The Morgan fingerprint density at radius 3 is 2.45 bits per heavy atom. The van der Waals surface area contributed by atoms with Crippen LogP contribution in [0.4, 0.5) is 10.5 Å². The molecule has 0 bridgehead atoms. The van der Waals surface area contributed by atoms with E-state index in [1.807, 2.05) is 34.6 Å². The summed E-state index contributed by atoms with van der Waals surface area (Å²) in [7, 11) is 0. The smallest absolute Gasteiger partial charge is 0.410 e. The minimum absolute atomic E-state index is 0.0298. The molecule has 0 radical (unpaired) electrons. The maximum Gasteiger partial charge on any atom is 0.410 e. The summed E-state index contributed by atoms with van der Waals surface area (Å²) in [5.41, 5.74) is 2.95. The van der Waals surface area contributed by atoms with Crippen molar-refractivity contribution in [1.29, 1.82) is 0 Å². The van der Waals surface area contributed by atoms with Crippen LogP contribution >= 0.6 is 0 Å². The zero-order valence-electron chi connectivity index (χ0n) is 15.0. The molecule has 22 heavy (non-hydrogen) atoms. The van der Waals surface area contributed by atoms with Crippen molar-refractivity contribution >= 4 is 11.8 Å². The predicted molar refractivity (Wildman–Crippen MR) is 92.4 cm³/mol. The van der Waals surface area contributed by atoms with Gasteiger partial charge in [-0.3, -0.25) is 0 Å². The molecule has 4 heteroatoms. The van der Waals surface area contributed by atoms with Gasteiger partial charge >= 0.3 is 6.09 Å². The summed E-state index contributed by atoms with van der Waals surface area (Å²) in [5, 5.41) is 3.36. The second kappa shape index (κ2) is 7.52. The number of anilines is 1. The third-order valence-corrected chi connectivity index (χ3v) is 3.55. The lowest BCUT2D eigenvalue weighted by Gasteiger charge is -2.31. The summed E-state index contributed by atoms with van der Waals surface area (Å²) in [6.45, 7) is 15.3. The summed E-state index contributed by atoms with van der Waals surface area (Å²) >= 11 is 0. The maximum absolute atomic E-state index is 12.4. The van der Waals surface area contributed by atoms with Gasteiger partial charge in [0.1, 0.15) is 5.60 Å². The lowest BCUT2D eigenvalue weighted by atomic mass is 10.0. The quantitative estimate of drug-likeness (QED) is 0.854. The molecule has 0 heterocycles. The van der Waals surface area contributed by atoms with Gasteiger partial charge in [0.2, 0.25) is 0 Å². The van der Waals surface area contributed by atoms with E-state index < -0.39 is 5.60 Å². The third kappa shape index (κ3) is 4.93. The molecule has 1 aromatic carbocycles. The number of ether oxygens (including phenoxy) is 1. The average Bonchev–Trinajstić information content (AvgIpc) is 2.40. The molecule has 1 N–H and O–H groups in total. The predicted octanol–water partition coefficient (Wildman–Crippen LogP) is 4.74. The van der Waals surface area contributed by atoms with Crippen molar-refractivity contribution < 1.29 is 9.53 Å². The van der Waals surface area contributed by atoms with Crippen LogP contribution in [0.3, 0.4) is 0 Å². The fraction of sp³-hybridized carbons (Fsp3) is 0.611. The van der Waals surface area contributed by atoms with E-state index >= 15 is 0 Å². The molecule has 0 aliphatic rings. The molecular formula is C18H30N2O2. The molecule has 1 aromatic rings. The van der Waals surface area contributed by atoms with Crippen LogP contribution in [0, 0.1) is 6.92 Å². The van der Waals surface area contributed by atoms with Gasteiger partial charge < -0.3 is 15.0 Å². The Kier molecular flexibility index (Phi) is 6.27. The zero-order valence-corrected chi connectivity index (χ0v) is 15.0. The van der Waals surface area contributed by atoms with Crippen LogP contribution in [-0.4, -0.2) is 29.7 Å². The second-order valence-corrected chi connectivity index (χ2v) is 6.55. The van der Waals surface area contributed by atoms with Gasteiger partial charge in [0, 0.05) is 18.8 Å². The number of aryl methyl sites for hydroxylation is 1. The highest BCUT2D eigenvalue weighted by molar-refractivity contribution is 5.69. The molecule has 0 saturated heterocycles. The largest absolute Gasteiger partial charge is 0.444 e. The Balaban J connectivity index is 2.98. The average molecular weight is 306 g/mol. The van der Waals surface area contributed by atoms with Crippen molar-refractivity contribution in [2.75, 3.05) is 18.4 Å². The first kappa shape index (κ1) is 18.3. The van der Waals surface area contributed by atoms with Crippen LogP contribution in [0.2, 0.25) is 0 Å². The molecule has 1 amide bonds. The van der Waals surface area contributed by atoms with E-state index in [4.69, 9.17) is 4.74 Å². The fourth-order valence-electron chi connectivity index (χ4n) is 2.34. The van der Waals surface area contributed by atoms with Crippen LogP contribution in [0.1, 0.15) is 58.7 Å². The Labute approximate surface area is 134 Å². The van der Waals surface area contributed by atoms with Crippen LogP contribution < -0.4 is 5.32 Å². The van der Waals surface area contributed by atoms with E-state index in [1.165, 1.54) is 5.56 Å². The standard InChI is InChI=1S/C18H30N2O2/c1-8-19-16-12-15(11-10-13(16)3)14(4)20(9-2)17(21)22-18(5,6)7/h10-12,14,19H,8-9H2,1-7H3/t14-/m0/s1. The van der Waals surface area contributed by atoms with E-state index in [9.17, 15) is 4.79 Å². The molecular weight excluding hydrogens is 276 g/mol. The minimum atomic E-state index is -0.480. The van der Waals surface area contributed by atoms with Crippen molar-refractivity contribution in [3.05, 3.63) is 29.3 Å². The number of carbonyl (C=O) groups excluding carboxylic acids is 1. The van der Waals surface area contributed by atoms with Crippen LogP contribution in [0.5, 0.6) is 0 Å². The van der Waals surface area contributed by atoms with Crippen molar-refractivity contribution in [3.8, 4) is 0 Å². The highest BCUT2D eigenvalue weighted by atomic mass is 16.6. The normalized spacial score (nSPS) is 12.7. The number of benzene rings is 1. The van der Waals surface area contributed by atoms with Crippen LogP contribution in [0.15, 0.2) is 18.2 Å². The lowest BCUT2D eigenvalue weighted by molar-refractivity contribution is 0.0186. The fourth-order valence-corrected chi connectivity index (χ4v) is 2.34. The number of nitrogens with one attached hydrogen (secondary N) is 1. The van der Waals surface area contributed by atoms with E-state index in [1.54, 1.807) is 4.90 Å². The Hall–Kier alpha value is -1.71. The molecule has 0 spiro atoms. The van der Waals surface area contributed by atoms with E-state index in [2.05, 4.69) is 37.4 Å². The summed E-state index contributed by atoms with van der Waals surface area (Å²) in [6.07, 6.45) is -0.270. The SMILES string of the molecule is CCNc1cc([C@H](C)N(CC)C(=O)OC(C)(C)C)ccc1C. The number of hydrogen-bond donors (Lipinski definition) is 1. The first-order valence-electron chi connectivity index (χ1n) is 8.03. The molecule has 0 saturated carbocycles. The molecule has 0 aliphatic heterocycles. The Morgan fingerprint density at radius 1 is 1.32 bits per heavy atom. The van der Waals surface area contributed by atoms with E-state index in [-0.39, 0.29) is 12.1 Å². The van der Waals surface area contributed by atoms with Crippen molar-refractivity contribution in [1.82, 2.24) is 4.90 Å². The Bertz CT molecular complexity index is 506. The number of carbonyl (C=O) groups is 1. The molecule has 1 atom stereocenters. The number of amides is 1. The van der Waals surface area contributed by atoms with Gasteiger partial charge in [-0.15, -0.1) is 0 Å². The lowest BCUT2D eigenvalue weighted by Crippen LogP contribution is -2.38. The number of hydrogen-bond acceptors (Lipinski definition) is 3. The van der Waals surface area contributed by atoms with E-state index in [0.717, 1.165) is 17.8 Å². The second-order valence-electron chi connectivity index (χ2n) is 6.55. The Morgan fingerprint density at radius 2 is 1.95 bits per heavy atom. The molecule has 0 aliphatic carbocycles. The van der Waals surface area contributed by atoms with Crippen molar-refractivity contribution in [2.45, 2.75) is 60.1 Å².